The Morgan fingerprint density at radius 1 is 0.508 bits per heavy atom. The van der Waals surface area contributed by atoms with E-state index in [4.69, 9.17) is 40.5 Å². The van der Waals surface area contributed by atoms with Gasteiger partial charge in [-0.05, 0) is 269 Å². The summed E-state index contributed by atoms with van der Waals surface area (Å²) in [7, 11) is -3.25. The van der Waals surface area contributed by atoms with Crippen LogP contribution in [0.3, 0.4) is 0 Å². The molecule has 2 saturated carbocycles. The largest absolute Gasteiger partial charge is 0.481 e. The first-order valence-corrected chi connectivity index (χ1v) is 48.0. The zero-order valence-electron chi connectivity index (χ0n) is 78.1. The van der Waals surface area contributed by atoms with Crippen LogP contribution in [0.2, 0.25) is 5.02 Å². The third-order valence-electron chi connectivity index (χ3n) is 23.7. The van der Waals surface area contributed by atoms with E-state index in [1.165, 1.54) is 11.9 Å². The molecule has 22 nitrogen and oxygen atoms in total. The number of hydrogen-bond donors (Lipinski definition) is 5. The van der Waals surface area contributed by atoms with Gasteiger partial charge < -0.3 is 69.7 Å². The summed E-state index contributed by atoms with van der Waals surface area (Å²) in [5, 5.41) is 33.5. The van der Waals surface area contributed by atoms with Gasteiger partial charge >= 0.3 is 5.97 Å². The van der Waals surface area contributed by atoms with E-state index < -0.39 is 26.8 Å². The summed E-state index contributed by atoms with van der Waals surface area (Å²) in [6.07, 6.45) is 10.8. The highest BCUT2D eigenvalue weighted by Gasteiger charge is 2.47. The average Bonchev–Trinajstić information content (AvgIpc) is 0.757. The van der Waals surface area contributed by atoms with E-state index in [0.717, 1.165) is 196 Å². The summed E-state index contributed by atoms with van der Waals surface area (Å²) >= 11 is 6.10. The number of halogens is 1. The fourth-order valence-electron chi connectivity index (χ4n) is 17.1. The summed E-state index contributed by atoms with van der Waals surface area (Å²) in [6.45, 7) is 42.7. The van der Waals surface area contributed by atoms with Gasteiger partial charge in [-0.25, -0.2) is 8.42 Å². The number of amides is 1. The number of nitriles is 1. The molecular weight excluding hydrogens is 1650 g/mol. The Morgan fingerprint density at radius 3 is 1.27 bits per heavy atom. The number of carbonyl (C=O) groups excluding carboxylic acids is 4. The monoisotopic (exact) mass is 1790 g/mol. The summed E-state index contributed by atoms with van der Waals surface area (Å²) in [6, 6.07) is 57.0. The molecule has 0 bridgehead atoms. The second-order valence-corrected chi connectivity index (χ2v) is 39.4. The van der Waals surface area contributed by atoms with Crippen LogP contribution in [0.25, 0.3) is 0 Å². The number of carboxylic acids is 1. The summed E-state index contributed by atoms with van der Waals surface area (Å²) in [4.78, 5) is 68.5. The van der Waals surface area contributed by atoms with Crippen LogP contribution in [0.15, 0.2) is 175 Å². The first kappa shape index (κ1) is 101. The maximum absolute atomic E-state index is 13.2. The first-order valence-electron chi connectivity index (χ1n) is 45.8. The zero-order chi connectivity index (χ0) is 92.8. The highest BCUT2D eigenvalue weighted by atomic mass is 35.5. The molecule has 690 valence electrons. The van der Waals surface area contributed by atoms with Crippen molar-refractivity contribution < 1.29 is 61.2 Å². The minimum atomic E-state index is -3.25. The van der Waals surface area contributed by atoms with E-state index >= 15 is 0 Å². The lowest BCUT2D eigenvalue weighted by Crippen LogP contribution is -2.43. The van der Waals surface area contributed by atoms with Crippen molar-refractivity contribution in [3.63, 3.8) is 0 Å². The Morgan fingerprint density at radius 2 is 0.898 bits per heavy atom. The topological polar surface area (TPSA) is 271 Å². The number of sulfone groups is 1. The number of nitrogens with zero attached hydrogens (tertiary/aromatic N) is 5. The second kappa shape index (κ2) is 48.7. The molecule has 0 radical (unpaired) electrons. The lowest BCUT2D eigenvalue weighted by Gasteiger charge is -2.42. The van der Waals surface area contributed by atoms with Crippen LogP contribution in [0.4, 0.5) is 62.6 Å². The molecule has 12 rings (SSSR count). The molecule has 2 aliphatic carbocycles. The average molecular weight is 1790 g/mol. The number of hydrogen-bond acceptors (Lipinski definition) is 20. The Kier molecular flexibility index (Phi) is 38.5. The minimum Gasteiger partial charge on any atom is -0.481 e. The van der Waals surface area contributed by atoms with Gasteiger partial charge in [-0.3, -0.25) is 24.0 Å². The van der Waals surface area contributed by atoms with Gasteiger partial charge in [-0.15, -0.1) is 0 Å². The quantitative estimate of drug-likeness (QED) is 0.0176. The third kappa shape index (κ3) is 28.7. The highest BCUT2D eigenvalue weighted by molar-refractivity contribution is 7.90. The Balaban J connectivity index is 0.000000193. The number of rotatable bonds is 40. The SMILES string of the molecule is CC(C)CN(c1ccc(C2(OC=O)CCC2)cc1Nc1ccc(Cl)cc1)C1CCOCC1.CCC(OC=O)c1ccc(N(CC(C)C)CC(C)C)c(Nc2ccc(C#N)cc2)c1.CCC(OC=O)c1ccc(N(CC(C)C)CC(C)C)c(Nc2ccc(S(C)(=O)=O)cc2)c1.Cc1ccc(C(=O)Nc2cc(C3(C(=O)O)CCC3)ccc2N(CC(C)C)C2CCOCC2)cc1. The number of carboxylic acid groups (broad SMARTS) is 1. The van der Waals surface area contributed by atoms with Gasteiger partial charge in [0, 0.05) is 112 Å². The van der Waals surface area contributed by atoms with E-state index in [1.807, 2.05) is 118 Å². The summed E-state index contributed by atoms with van der Waals surface area (Å²) in [5.41, 5.74) is 15.2. The van der Waals surface area contributed by atoms with E-state index in [0.29, 0.717) is 115 Å². The van der Waals surface area contributed by atoms with Crippen molar-refractivity contribution in [1.29, 1.82) is 5.26 Å². The van der Waals surface area contributed by atoms with Crippen LogP contribution < -0.4 is 40.9 Å². The number of aryl methyl sites for hydroxylation is 1. The first-order chi connectivity index (χ1) is 61.2. The molecule has 24 heteroatoms. The number of anilines is 11. The van der Waals surface area contributed by atoms with Crippen molar-refractivity contribution in [3.05, 3.63) is 214 Å². The molecule has 8 aromatic rings. The van der Waals surface area contributed by atoms with Crippen molar-refractivity contribution in [1.82, 2.24) is 0 Å². The van der Waals surface area contributed by atoms with Crippen LogP contribution in [-0.4, -0.2) is 129 Å². The van der Waals surface area contributed by atoms with E-state index in [9.17, 15) is 37.5 Å². The van der Waals surface area contributed by atoms with E-state index in [2.05, 4.69) is 166 Å². The molecular formula is C104H138ClN9O13S. The standard InChI is InChI=1S/C28H36N2O4.C26H33ClN2O3.C25H33N3O2.C25H36N2O4S/c1-19(2)18-30(23-11-15-34-16-12-23)25-10-9-22(28(27(32)33)13-4-14-28)17-24(25)29-26(31)21-7-5-20(3)6-8-21;1-19(2)17-29(23-10-14-31-15-11-23)25-9-4-20(26(32-18-30)12-3-13-26)16-24(25)28-22-7-5-21(27)6-8-22;1-6-25(30-17-29)21-9-12-24(28(15-18(2)3)16-19(4)5)23(13-21)27-22-10-7-20(14-26)8-11-22;1-7-25(31-17-28)20-8-13-24(27(15-18(2)3)16-19(4)5)23(14-20)26-21-9-11-22(12-10-21)32(6,29)30/h5-10,17,19,23H,4,11-16,18H2,1-3H3,(H,29,31)(H,32,33);4-9,16,18-19,23,28H,3,10-15,17H2,1-2H3;7-13,17-19,25,27H,6,15-16H2,1-5H3;8-14,17-19,25-26H,7,15-16H2,1-6H3. The summed E-state index contributed by atoms with van der Waals surface area (Å²) < 4.78 is 51.0. The van der Waals surface area contributed by atoms with Crippen LogP contribution in [0.1, 0.15) is 230 Å². The molecule has 1 amide bonds. The van der Waals surface area contributed by atoms with Crippen LogP contribution in [-0.2, 0) is 63.7 Å². The minimum absolute atomic E-state index is 0.187. The van der Waals surface area contributed by atoms with Crippen molar-refractivity contribution in [2.45, 2.75) is 221 Å². The fraction of sp³-hybridized carbons (Fsp3) is 0.481. The lowest BCUT2D eigenvalue weighted by molar-refractivity contribution is -0.155. The molecule has 2 atom stereocenters. The molecule has 0 aromatic heterocycles. The smallest absolute Gasteiger partial charge is 0.314 e. The van der Waals surface area contributed by atoms with Crippen LogP contribution in [0.5, 0.6) is 0 Å². The molecule has 2 heterocycles. The molecule has 2 saturated heterocycles. The number of ether oxygens (including phenoxy) is 5. The van der Waals surface area contributed by atoms with Gasteiger partial charge in [0.15, 0.2) is 9.84 Å². The van der Waals surface area contributed by atoms with Gasteiger partial charge in [0.25, 0.3) is 25.3 Å². The van der Waals surface area contributed by atoms with Crippen molar-refractivity contribution in [2.24, 2.45) is 35.5 Å². The van der Waals surface area contributed by atoms with Crippen LogP contribution >= 0.6 is 11.6 Å². The predicted molar refractivity (Wildman–Crippen MR) is 519 cm³/mol. The normalized spacial score (nSPS) is 15.2. The molecule has 128 heavy (non-hydrogen) atoms. The van der Waals surface area contributed by atoms with E-state index in [-0.39, 0.29) is 23.0 Å². The Hall–Kier alpha value is -10.6. The third-order valence-corrected chi connectivity index (χ3v) is 25.0. The van der Waals surface area contributed by atoms with Crippen molar-refractivity contribution in [2.75, 3.05) is 113 Å². The Labute approximate surface area is 766 Å². The maximum atomic E-state index is 13.2. The predicted octanol–water partition coefficient (Wildman–Crippen LogP) is 23.3. The summed E-state index contributed by atoms with van der Waals surface area (Å²) in [5.74, 6) is 1.99. The lowest BCUT2D eigenvalue weighted by atomic mass is 9.64. The van der Waals surface area contributed by atoms with Gasteiger partial charge in [0.2, 0.25) is 0 Å². The number of carbonyl (C=O) groups is 5. The van der Waals surface area contributed by atoms with Crippen molar-refractivity contribution in [3.8, 4) is 6.07 Å². The number of nitrogens with one attached hydrogen (secondary N) is 4. The molecule has 8 aromatic carbocycles. The maximum Gasteiger partial charge on any atom is 0.314 e. The number of aliphatic carboxylic acids is 1. The van der Waals surface area contributed by atoms with Gasteiger partial charge in [-0.1, -0.05) is 157 Å². The zero-order valence-corrected chi connectivity index (χ0v) is 79.7. The molecule has 4 fully saturated rings. The van der Waals surface area contributed by atoms with Gasteiger partial charge in [0.05, 0.1) is 67.4 Å². The molecule has 4 aliphatic rings. The van der Waals surface area contributed by atoms with Crippen molar-refractivity contribution >= 4 is 115 Å². The highest BCUT2D eigenvalue weighted by Crippen LogP contribution is 2.49. The fourth-order valence-corrected chi connectivity index (χ4v) is 17.8. The second-order valence-electron chi connectivity index (χ2n) is 36.9. The molecule has 5 N–H and O–H groups in total. The van der Waals surface area contributed by atoms with Gasteiger partial charge in [0.1, 0.15) is 17.8 Å². The molecule has 2 unspecified atom stereocenters. The van der Waals surface area contributed by atoms with Gasteiger partial charge in [-0.2, -0.15) is 5.26 Å². The molecule has 2 aliphatic heterocycles. The number of benzene rings is 8. The van der Waals surface area contributed by atoms with Crippen LogP contribution in [0, 0.1) is 53.8 Å². The molecule has 0 spiro atoms. The van der Waals surface area contributed by atoms with E-state index in [1.54, 1.807) is 36.4 Å². The Bertz CT molecular complexity index is 5000.